The summed E-state index contributed by atoms with van der Waals surface area (Å²) in [6, 6.07) is 1.40. The Morgan fingerprint density at radius 3 is 2.63 bits per heavy atom. The summed E-state index contributed by atoms with van der Waals surface area (Å²) in [5, 5.41) is 21.2. The van der Waals surface area contributed by atoms with Gasteiger partial charge in [0.2, 0.25) is 5.91 Å². The first-order chi connectivity index (χ1) is 8.97. The van der Waals surface area contributed by atoms with Crippen LogP contribution in [0, 0.1) is 21.7 Å². The normalized spacial score (nSPS) is 10.3. The molecule has 0 aromatic heterocycles. The average Bonchev–Trinajstić information content (AvgIpc) is 2.35. The lowest BCUT2D eigenvalue weighted by atomic mass is 10.2. The third kappa shape index (κ3) is 3.95. The van der Waals surface area contributed by atoms with Gasteiger partial charge in [0.05, 0.1) is 4.92 Å². The number of hydrogen-bond donors (Lipinski definition) is 2. The second-order valence-corrected chi connectivity index (χ2v) is 3.74. The van der Waals surface area contributed by atoms with Crippen molar-refractivity contribution in [2.75, 3.05) is 11.9 Å². The lowest BCUT2D eigenvalue weighted by molar-refractivity contribution is -0.384. The molecule has 0 fully saturated rings. The predicted octanol–water partition coefficient (Wildman–Crippen LogP) is 1.97. The van der Waals surface area contributed by atoms with Gasteiger partial charge in [-0.05, 0) is 18.9 Å². The molecule has 0 bridgehead atoms. The second-order valence-electron chi connectivity index (χ2n) is 3.74. The number of anilines is 1. The number of nitrogens with zero attached hydrogens (tertiary/aromatic N) is 1. The summed E-state index contributed by atoms with van der Waals surface area (Å²) in [4.78, 5) is 21.2. The molecule has 0 saturated heterocycles. The van der Waals surface area contributed by atoms with Gasteiger partial charge in [0.1, 0.15) is 0 Å². The van der Waals surface area contributed by atoms with Crippen molar-refractivity contribution in [3.63, 3.8) is 0 Å². The Bertz CT molecular complexity index is 494. The molecule has 0 aliphatic rings. The SMILES string of the molecule is O=C(CCCCO)Nc1c([N+](=O)[O-])ccc(F)c1F. The number of nitrogens with one attached hydrogen (secondary N) is 1. The molecule has 0 saturated carbocycles. The zero-order chi connectivity index (χ0) is 14.4. The number of rotatable bonds is 6. The van der Waals surface area contributed by atoms with Gasteiger partial charge in [-0.1, -0.05) is 0 Å². The summed E-state index contributed by atoms with van der Waals surface area (Å²) in [7, 11) is 0. The standard InChI is InChI=1S/C11H12F2N2O4/c12-7-4-5-8(15(18)19)11(10(7)13)14-9(17)3-1-2-6-16/h4-5,16H,1-3,6H2,(H,14,17). The van der Waals surface area contributed by atoms with Crippen LogP contribution in [-0.4, -0.2) is 22.5 Å². The van der Waals surface area contributed by atoms with E-state index < -0.39 is 33.8 Å². The molecule has 8 heteroatoms. The zero-order valence-corrected chi connectivity index (χ0v) is 9.86. The first kappa shape index (κ1) is 15.0. The summed E-state index contributed by atoms with van der Waals surface area (Å²) >= 11 is 0. The van der Waals surface area contributed by atoms with Crippen molar-refractivity contribution in [1.29, 1.82) is 0 Å². The number of aliphatic hydroxyl groups is 1. The van der Waals surface area contributed by atoms with E-state index in [1.165, 1.54) is 0 Å². The molecule has 1 aromatic carbocycles. The molecule has 0 heterocycles. The van der Waals surface area contributed by atoms with E-state index in [-0.39, 0.29) is 13.0 Å². The van der Waals surface area contributed by atoms with Gasteiger partial charge in [0, 0.05) is 19.1 Å². The number of carbonyl (C=O) groups is 1. The van der Waals surface area contributed by atoms with E-state index in [4.69, 9.17) is 5.11 Å². The molecule has 1 amide bonds. The first-order valence-electron chi connectivity index (χ1n) is 5.50. The fourth-order valence-corrected chi connectivity index (χ4v) is 1.41. The Labute approximate surface area is 107 Å². The molecule has 0 aliphatic heterocycles. The molecule has 0 spiro atoms. The molecule has 0 atom stereocenters. The largest absolute Gasteiger partial charge is 0.396 e. The lowest BCUT2D eigenvalue weighted by Gasteiger charge is -2.07. The van der Waals surface area contributed by atoms with Crippen LogP contribution in [0.2, 0.25) is 0 Å². The van der Waals surface area contributed by atoms with E-state index in [1.807, 2.05) is 5.32 Å². The van der Waals surface area contributed by atoms with E-state index >= 15 is 0 Å². The molecule has 1 aromatic rings. The van der Waals surface area contributed by atoms with Gasteiger partial charge in [0.15, 0.2) is 17.3 Å². The highest BCUT2D eigenvalue weighted by atomic mass is 19.2. The maximum Gasteiger partial charge on any atom is 0.296 e. The Morgan fingerprint density at radius 2 is 2.05 bits per heavy atom. The lowest BCUT2D eigenvalue weighted by Crippen LogP contribution is -2.14. The maximum atomic E-state index is 13.4. The number of amides is 1. The first-order valence-corrected chi connectivity index (χ1v) is 5.50. The van der Waals surface area contributed by atoms with Gasteiger partial charge in [-0.3, -0.25) is 14.9 Å². The summed E-state index contributed by atoms with van der Waals surface area (Å²) in [5.74, 6) is -3.43. The van der Waals surface area contributed by atoms with Gasteiger partial charge in [-0.2, -0.15) is 0 Å². The molecule has 104 valence electrons. The highest BCUT2D eigenvalue weighted by Gasteiger charge is 2.23. The van der Waals surface area contributed by atoms with E-state index in [0.717, 1.165) is 6.07 Å². The summed E-state index contributed by atoms with van der Waals surface area (Å²) < 4.78 is 26.4. The van der Waals surface area contributed by atoms with E-state index in [9.17, 15) is 23.7 Å². The smallest absolute Gasteiger partial charge is 0.296 e. The number of halogens is 2. The van der Waals surface area contributed by atoms with E-state index in [2.05, 4.69) is 0 Å². The van der Waals surface area contributed by atoms with Gasteiger partial charge < -0.3 is 10.4 Å². The van der Waals surface area contributed by atoms with Crippen LogP contribution in [0.25, 0.3) is 0 Å². The maximum absolute atomic E-state index is 13.4. The number of benzene rings is 1. The minimum Gasteiger partial charge on any atom is -0.396 e. The van der Waals surface area contributed by atoms with Gasteiger partial charge in [-0.15, -0.1) is 0 Å². The van der Waals surface area contributed by atoms with Crippen LogP contribution in [0.3, 0.4) is 0 Å². The number of nitro groups is 1. The molecule has 0 radical (unpaired) electrons. The van der Waals surface area contributed by atoms with Crippen molar-refractivity contribution < 1.29 is 23.6 Å². The van der Waals surface area contributed by atoms with Crippen LogP contribution in [0.1, 0.15) is 19.3 Å². The van der Waals surface area contributed by atoms with Gasteiger partial charge in [0.25, 0.3) is 5.69 Å². The quantitative estimate of drug-likeness (QED) is 0.471. The molecule has 0 aliphatic carbocycles. The van der Waals surface area contributed by atoms with Crippen molar-refractivity contribution >= 4 is 17.3 Å². The third-order valence-electron chi connectivity index (χ3n) is 2.35. The van der Waals surface area contributed by atoms with E-state index in [0.29, 0.717) is 18.9 Å². The van der Waals surface area contributed by atoms with Crippen molar-refractivity contribution in [3.8, 4) is 0 Å². The zero-order valence-electron chi connectivity index (χ0n) is 9.86. The number of aliphatic hydroxyl groups excluding tert-OH is 1. The topological polar surface area (TPSA) is 92.5 Å². The van der Waals surface area contributed by atoms with Crippen molar-refractivity contribution in [1.82, 2.24) is 0 Å². The Balaban J connectivity index is 2.89. The average molecular weight is 274 g/mol. The third-order valence-corrected chi connectivity index (χ3v) is 2.35. The number of hydrogen-bond acceptors (Lipinski definition) is 4. The highest BCUT2D eigenvalue weighted by Crippen LogP contribution is 2.29. The molecule has 6 nitrogen and oxygen atoms in total. The van der Waals surface area contributed by atoms with Crippen LogP contribution in [0.15, 0.2) is 12.1 Å². The van der Waals surface area contributed by atoms with Crippen molar-refractivity contribution in [3.05, 3.63) is 33.9 Å². The van der Waals surface area contributed by atoms with E-state index in [1.54, 1.807) is 0 Å². The molecule has 0 unspecified atom stereocenters. The Kier molecular flexibility index (Phi) is 5.31. The Morgan fingerprint density at radius 1 is 1.37 bits per heavy atom. The fraction of sp³-hybridized carbons (Fsp3) is 0.364. The van der Waals surface area contributed by atoms with Crippen LogP contribution in [-0.2, 0) is 4.79 Å². The van der Waals surface area contributed by atoms with Crippen LogP contribution < -0.4 is 5.32 Å². The van der Waals surface area contributed by atoms with Crippen molar-refractivity contribution in [2.24, 2.45) is 0 Å². The molecule has 19 heavy (non-hydrogen) atoms. The number of carbonyl (C=O) groups excluding carboxylic acids is 1. The van der Waals surface area contributed by atoms with Crippen molar-refractivity contribution in [2.45, 2.75) is 19.3 Å². The minimum atomic E-state index is -1.47. The van der Waals surface area contributed by atoms with Gasteiger partial charge >= 0.3 is 0 Å². The number of unbranched alkanes of at least 4 members (excludes halogenated alkanes) is 1. The van der Waals surface area contributed by atoms with Crippen LogP contribution in [0.4, 0.5) is 20.2 Å². The van der Waals surface area contributed by atoms with Crippen LogP contribution >= 0.6 is 0 Å². The highest BCUT2D eigenvalue weighted by molar-refractivity contribution is 5.93. The fourth-order valence-electron chi connectivity index (χ4n) is 1.41. The monoisotopic (exact) mass is 274 g/mol. The predicted molar refractivity (Wildman–Crippen MR) is 62.6 cm³/mol. The summed E-state index contributed by atoms with van der Waals surface area (Å²) in [6.45, 7) is -0.0955. The number of nitro benzene ring substituents is 1. The summed E-state index contributed by atoms with van der Waals surface area (Å²) in [5.41, 5.74) is -1.49. The summed E-state index contributed by atoms with van der Waals surface area (Å²) in [6.07, 6.45) is 0.669. The van der Waals surface area contributed by atoms with Gasteiger partial charge in [-0.25, -0.2) is 8.78 Å². The van der Waals surface area contributed by atoms with Crippen LogP contribution in [0.5, 0.6) is 0 Å². The Hall–Kier alpha value is -2.09. The minimum absolute atomic E-state index is 0.0479. The molecule has 2 N–H and O–H groups in total. The molecule has 1 rings (SSSR count). The second kappa shape index (κ2) is 6.74. The molecular formula is C11H12F2N2O4. The molecular weight excluding hydrogens is 262 g/mol.